The van der Waals surface area contributed by atoms with Gasteiger partial charge in [-0.25, -0.2) is 14.3 Å². The third-order valence-electron chi connectivity index (χ3n) is 3.30. The number of fused-ring (bicyclic) bond motifs is 1. The van der Waals surface area contributed by atoms with Crippen LogP contribution in [0.4, 0.5) is 0 Å². The van der Waals surface area contributed by atoms with Gasteiger partial charge in [0.2, 0.25) is 0 Å². The summed E-state index contributed by atoms with van der Waals surface area (Å²) in [5.74, 6) is 0.566. The summed E-state index contributed by atoms with van der Waals surface area (Å²) in [6.07, 6.45) is 3.37. The molecule has 0 aliphatic heterocycles. The van der Waals surface area contributed by atoms with Crippen molar-refractivity contribution < 1.29 is 9.53 Å². The number of esters is 1. The van der Waals surface area contributed by atoms with Gasteiger partial charge in [0.25, 0.3) is 5.78 Å². The largest absolute Gasteiger partial charge is 0.462 e. The fraction of sp³-hybridized carbons (Fsp3) is 0.267. The number of carbonyl (C=O) groups excluding carboxylic acids is 1. The number of ether oxygens (including phenoxy) is 1. The molecule has 0 spiro atoms. The van der Waals surface area contributed by atoms with E-state index in [4.69, 9.17) is 4.74 Å². The van der Waals surface area contributed by atoms with Crippen molar-refractivity contribution in [3.63, 3.8) is 0 Å². The molecule has 3 aromatic rings. The van der Waals surface area contributed by atoms with E-state index in [-0.39, 0.29) is 0 Å². The van der Waals surface area contributed by atoms with Crippen LogP contribution in [0.5, 0.6) is 0 Å². The highest BCUT2D eigenvalue weighted by atomic mass is 16.5. The number of carbonyl (C=O) groups is 1. The van der Waals surface area contributed by atoms with Crippen LogP contribution >= 0.6 is 0 Å². The monoisotopic (exact) mass is 297 g/mol. The fourth-order valence-corrected chi connectivity index (χ4v) is 2.29. The SMILES string of the molecule is CCOC(=O)c1c(C)nc2nc(-c3cccnc3)nn2c1C. The Morgan fingerprint density at radius 3 is 2.82 bits per heavy atom. The summed E-state index contributed by atoms with van der Waals surface area (Å²) < 4.78 is 6.64. The van der Waals surface area contributed by atoms with Crippen molar-refractivity contribution in [3.8, 4) is 11.4 Å². The summed E-state index contributed by atoms with van der Waals surface area (Å²) >= 11 is 0. The molecule has 0 unspecified atom stereocenters. The molecule has 22 heavy (non-hydrogen) atoms. The van der Waals surface area contributed by atoms with Crippen LogP contribution in [-0.2, 0) is 4.74 Å². The lowest BCUT2D eigenvalue weighted by molar-refractivity contribution is 0.0523. The molecule has 0 bridgehead atoms. The Morgan fingerprint density at radius 2 is 2.14 bits per heavy atom. The van der Waals surface area contributed by atoms with Crippen LogP contribution in [0.15, 0.2) is 24.5 Å². The average Bonchev–Trinajstić information content (AvgIpc) is 2.92. The molecule has 3 aromatic heterocycles. The third-order valence-corrected chi connectivity index (χ3v) is 3.30. The van der Waals surface area contributed by atoms with E-state index in [9.17, 15) is 4.79 Å². The van der Waals surface area contributed by atoms with Gasteiger partial charge in [0.15, 0.2) is 5.82 Å². The molecule has 0 radical (unpaired) electrons. The number of hydrogen-bond donors (Lipinski definition) is 0. The van der Waals surface area contributed by atoms with E-state index in [1.54, 1.807) is 37.7 Å². The maximum atomic E-state index is 12.1. The Kier molecular flexibility index (Phi) is 3.54. The first-order chi connectivity index (χ1) is 10.6. The molecule has 0 aliphatic rings. The maximum absolute atomic E-state index is 12.1. The first-order valence-electron chi connectivity index (χ1n) is 6.93. The Labute approximate surface area is 127 Å². The highest BCUT2D eigenvalue weighted by Gasteiger charge is 2.20. The minimum atomic E-state index is -0.398. The number of hydrogen-bond acceptors (Lipinski definition) is 6. The molecule has 0 N–H and O–H groups in total. The second-order valence-electron chi connectivity index (χ2n) is 4.77. The van der Waals surface area contributed by atoms with Crippen molar-refractivity contribution in [2.24, 2.45) is 0 Å². The molecule has 112 valence electrons. The summed E-state index contributed by atoms with van der Waals surface area (Å²) in [7, 11) is 0. The molecule has 7 heteroatoms. The van der Waals surface area contributed by atoms with Crippen LogP contribution < -0.4 is 0 Å². The molecule has 0 aliphatic carbocycles. The fourth-order valence-electron chi connectivity index (χ4n) is 2.29. The minimum Gasteiger partial charge on any atom is -0.462 e. The number of rotatable bonds is 3. The second-order valence-corrected chi connectivity index (χ2v) is 4.77. The average molecular weight is 297 g/mol. The van der Waals surface area contributed by atoms with E-state index < -0.39 is 5.97 Å². The maximum Gasteiger partial charge on any atom is 0.341 e. The zero-order chi connectivity index (χ0) is 15.7. The van der Waals surface area contributed by atoms with Gasteiger partial charge in [0.05, 0.1) is 18.0 Å². The van der Waals surface area contributed by atoms with E-state index in [2.05, 4.69) is 20.1 Å². The standard InChI is InChI=1S/C15H15N5O2/c1-4-22-14(21)12-9(2)17-15-18-13(19-20(15)10(12)3)11-6-5-7-16-8-11/h5-8H,4H2,1-3H3. The molecular formula is C15H15N5O2. The molecule has 0 amide bonds. The Morgan fingerprint density at radius 1 is 1.32 bits per heavy atom. The zero-order valence-electron chi connectivity index (χ0n) is 12.6. The number of pyridine rings is 1. The normalized spacial score (nSPS) is 10.9. The van der Waals surface area contributed by atoms with Crippen LogP contribution in [0.1, 0.15) is 28.7 Å². The quantitative estimate of drug-likeness (QED) is 0.687. The molecular weight excluding hydrogens is 282 g/mol. The molecule has 0 atom stereocenters. The smallest absolute Gasteiger partial charge is 0.341 e. The lowest BCUT2D eigenvalue weighted by atomic mass is 10.2. The predicted octanol–water partition coefficient (Wildman–Crippen LogP) is 1.98. The Bertz CT molecular complexity index is 842. The van der Waals surface area contributed by atoms with Crippen LogP contribution in [0, 0.1) is 13.8 Å². The molecule has 0 saturated carbocycles. The Hall–Kier alpha value is -2.83. The molecule has 0 fully saturated rings. The van der Waals surface area contributed by atoms with Crippen molar-refractivity contribution >= 4 is 11.7 Å². The summed E-state index contributed by atoms with van der Waals surface area (Å²) in [5.41, 5.74) is 2.46. The van der Waals surface area contributed by atoms with Crippen LogP contribution in [0.25, 0.3) is 17.2 Å². The lowest BCUT2D eigenvalue weighted by Gasteiger charge is -2.08. The van der Waals surface area contributed by atoms with Crippen LogP contribution in [0.3, 0.4) is 0 Å². The van der Waals surface area contributed by atoms with Crippen molar-refractivity contribution in [2.45, 2.75) is 20.8 Å². The van der Waals surface area contributed by atoms with Gasteiger partial charge in [0, 0.05) is 18.0 Å². The molecule has 0 aromatic carbocycles. The summed E-state index contributed by atoms with van der Waals surface area (Å²) in [4.78, 5) is 24.9. The summed E-state index contributed by atoms with van der Waals surface area (Å²) in [5, 5.41) is 4.42. The van der Waals surface area contributed by atoms with Gasteiger partial charge < -0.3 is 4.74 Å². The van der Waals surface area contributed by atoms with E-state index >= 15 is 0 Å². The molecule has 3 rings (SSSR count). The van der Waals surface area contributed by atoms with Crippen LogP contribution in [0.2, 0.25) is 0 Å². The molecule has 7 nitrogen and oxygen atoms in total. The summed E-state index contributed by atoms with van der Waals surface area (Å²) in [6.45, 7) is 5.64. The van der Waals surface area contributed by atoms with E-state index in [0.29, 0.717) is 35.2 Å². The highest BCUT2D eigenvalue weighted by Crippen LogP contribution is 2.18. The van der Waals surface area contributed by atoms with Crippen molar-refractivity contribution in [3.05, 3.63) is 41.5 Å². The molecule has 0 saturated heterocycles. The van der Waals surface area contributed by atoms with Gasteiger partial charge >= 0.3 is 5.97 Å². The lowest BCUT2D eigenvalue weighted by Crippen LogP contribution is -2.14. The van der Waals surface area contributed by atoms with Gasteiger partial charge in [0.1, 0.15) is 5.56 Å². The van der Waals surface area contributed by atoms with Gasteiger partial charge in [-0.05, 0) is 32.9 Å². The van der Waals surface area contributed by atoms with Crippen LogP contribution in [-0.4, -0.2) is 37.1 Å². The Balaban J connectivity index is 2.17. The van der Waals surface area contributed by atoms with Crippen molar-refractivity contribution in [1.29, 1.82) is 0 Å². The summed E-state index contributed by atoms with van der Waals surface area (Å²) in [6, 6.07) is 3.69. The van der Waals surface area contributed by atoms with Gasteiger partial charge in [-0.1, -0.05) is 0 Å². The minimum absolute atomic E-state index is 0.314. The topological polar surface area (TPSA) is 82.3 Å². The number of aryl methyl sites for hydroxylation is 2. The second kappa shape index (κ2) is 5.51. The molecule has 3 heterocycles. The van der Waals surface area contributed by atoms with E-state index in [1.165, 1.54) is 0 Å². The van der Waals surface area contributed by atoms with Gasteiger partial charge in [-0.15, -0.1) is 5.10 Å². The van der Waals surface area contributed by atoms with Gasteiger partial charge in [-0.2, -0.15) is 4.98 Å². The van der Waals surface area contributed by atoms with Gasteiger partial charge in [-0.3, -0.25) is 4.98 Å². The predicted molar refractivity (Wildman–Crippen MR) is 79.4 cm³/mol. The zero-order valence-corrected chi connectivity index (χ0v) is 12.6. The van der Waals surface area contributed by atoms with Crippen molar-refractivity contribution in [1.82, 2.24) is 24.6 Å². The number of aromatic nitrogens is 5. The first-order valence-corrected chi connectivity index (χ1v) is 6.93. The van der Waals surface area contributed by atoms with E-state index in [1.807, 2.05) is 12.1 Å². The van der Waals surface area contributed by atoms with E-state index in [0.717, 1.165) is 5.56 Å². The first kappa shape index (κ1) is 14.1. The number of nitrogens with zero attached hydrogens (tertiary/aromatic N) is 5. The third kappa shape index (κ3) is 2.30. The van der Waals surface area contributed by atoms with Crippen molar-refractivity contribution in [2.75, 3.05) is 6.61 Å². The highest BCUT2D eigenvalue weighted by molar-refractivity contribution is 5.92.